The molecule has 13 heavy (non-hydrogen) atoms. The second kappa shape index (κ2) is 4.90. The lowest BCUT2D eigenvalue weighted by atomic mass is 10.2. The monoisotopic (exact) mass is 197 g/mol. The van der Waals surface area contributed by atoms with Gasteiger partial charge in [0.1, 0.15) is 5.75 Å². The Balaban J connectivity index is 2.41. The van der Waals surface area contributed by atoms with Crippen LogP contribution in [0.15, 0.2) is 35.9 Å². The maximum Gasteiger partial charge on any atom is 0.115 e. The van der Waals surface area contributed by atoms with E-state index < -0.39 is 0 Å². The van der Waals surface area contributed by atoms with Crippen LogP contribution in [-0.4, -0.2) is 11.7 Å². The van der Waals surface area contributed by atoms with Gasteiger partial charge in [0.05, 0.1) is 0 Å². The number of phenols is 1. The molecule has 2 nitrogen and oxygen atoms in total. The fraction of sp³-hybridized carbons (Fsp3) is 0.200. The van der Waals surface area contributed by atoms with E-state index in [0.717, 1.165) is 5.56 Å². The lowest BCUT2D eigenvalue weighted by Crippen LogP contribution is -2.14. The fourth-order valence-corrected chi connectivity index (χ4v) is 1.10. The van der Waals surface area contributed by atoms with Crippen LogP contribution in [0.1, 0.15) is 5.56 Å². The van der Waals surface area contributed by atoms with Crippen LogP contribution in [-0.2, 0) is 6.54 Å². The SMILES string of the molecule is C=C(Cl)CNCc1cccc(O)c1. The van der Waals surface area contributed by atoms with Crippen LogP contribution in [0.2, 0.25) is 0 Å². The zero-order valence-electron chi connectivity index (χ0n) is 7.26. The Labute approximate surface area is 82.8 Å². The number of phenolic OH excluding ortho intramolecular Hbond substituents is 1. The molecule has 0 aromatic heterocycles. The smallest absolute Gasteiger partial charge is 0.115 e. The molecule has 0 radical (unpaired) electrons. The predicted octanol–water partition coefficient (Wildman–Crippen LogP) is 2.23. The Hall–Kier alpha value is -0.990. The van der Waals surface area contributed by atoms with E-state index in [1.54, 1.807) is 12.1 Å². The minimum atomic E-state index is 0.281. The number of benzene rings is 1. The van der Waals surface area contributed by atoms with Gasteiger partial charge in [-0.25, -0.2) is 0 Å². The first-order valence-electron chi connectivity index (χ1n) is 4.00. The number of aromatic hydroxyl groups is 1. The van der Waals surface area contributed by atoms with Crippen molar-refractivity contribution in [3.8, 4) is 5.75 Å². The first-order valence-corrected chi connectivity index (χ1v) is 4.38. The van der Waals surface area contributed by atoms with Crippen molar-refractivity contribution < 1.29 is 5.11 Å². The first-order chi connectivity index (χ1) is 6.18. The molecular formula is C10H12ClNO. The third-order valence-electron chi connectivity index (χ3n) is 1.56. The molecular weight excluding hydrogens is 186 g/mol. The summed E-state index contributed by atoms with van der Waals surface area (Å²) < 4.78 is 0. The topological polar surface area (TPSA) is 32.3 Å². The van der Waals surface area contributed by atoms with Crippen LogP contribution in [0, 0.1) is 0 Å². The van der Waals surface area contributed by atoms with Crippen LogP contribution in [0.25, 0.3) is 0 Å². The van der Waals surface area contributed by atoms with Gasteiger partial charge in [0.2, 0.25) is 0 Å². The van der Waals surface area contributed by atoms with Gasteiger partial charge in [-0.2, -0.15) is 0 Å². The molecule has 0 saturated heterocycles. The highest BCUT2D eigenvalue weighted by Crippen LogP contribution is 2.10. The van der Waals surface area contributed by atoms with Gasteiger partial charge in [0, 0.05) is 18.1 Å². The second-order valence-electron chi connectivity index (χ2n) is 2.79. The van der Waals surface area contributed by atoms with Crippen molar-refractivity contribution in [1.82, 2.24) is 5.32 Å². The highest BCUT2D eigenvalue weighted by molar-refractivity contribution is 6.29. The lowest BCUT2D eigenvalue weighted by Gasteiger charge is -2.03. The van der Waals surface area contributed by atoms with Crippen molar-refractivity contribution in [3.05, 3.63) is 41.4 Å². The molecule has 0 amide bonds. The summed E-state index contributed by atoms with van der Waals surface area (Å²) >= 11 is 5.57. The zero-order chi connectivity index (χ0) is 9.68. The van der Waals surface area contributed by atoms with Gasteiger partial charge in [-0.15, -0.1) is 0 Å². The van der Waals surface area contributed by atoms with E-state index >= 15 is 0 Å². The lowest BCUT2D eigenvalue weighted by molar-refractivity contribution is 0.474. The Bertz CT molecular complexity index is 299. The molecule has 0 atom stereocenters. The molecule has 0 heterocycles. The normalized spacial score (nSPS) is 9.92. The van der Waals surface area contributed by atoms with Gasteiger partial charge in [0.15, 0.2) is 0 Å². The maximum absolute atomic E-state index is 9.15. The molecule has 0 spiro atoms. The predicted molar refractivity (Wildman–Crippen MR) is 54.8 cm³/mol. The summed E-state index contributed by atoms with van der Waals surface area (Å²) in [6, 6.07) is 7.10. The molecule has 70 valence electrons. The van der Waals surface area contributed by atoms with Crippen molar-refractivity contribution in [2.45, 2.75) is 6.54 Å². The van der Waals surface area contributed by atoms with Crippen LogP contribution in [0.3, 0.4) is 0 Å². The van der Waals surface area contributed by atoms with E-state index in [9.17, 15) is 0 Å². The number of rotatable bonds is 4. The third-order valence-corrected chi connectivity index (χ3v) is 1.69. The summed E-state index contributed by atoms with van der Waals surface area (Å²) in [7, 11) is 0. The average Bonchev–Trinajstić information content (AvgIpc) is 2.03. The number of halogens is 1. The standard InChI is InChI=1S/C10H12ClNO/c1-8(11)6-12-7-9-3-2-4-10(13)5-9/h2-5,12-13H,1,6-7H2. The molecule has 0 bridgehead atoms. The van der Waals surface area contributed by atoms with E-state index in [0.29, 0.717) is 18.1 Å². The molecule has 3 heteroatoms. The number of hydrogen-bond donors (Lipinski definition) is 2. The van der Waals surface area contributed by atoms with Crippen molar-refractivity contribution in [2.75, 3.05) is 6.54 Å². The maximum atomic E-state index is 9.15. The molecule has 0 aliphatic heterocycles. The van der Waals surface area contributed by atoms with Gasteiger partial charge in [-0.1, -0.05) is 30.3 Å². The summed E-state index contributed by atoms with van der Waals surface area (Å²) in [5.41, 5.74) is 1.03. The zero-order valence-corrected chi connectivity index (χ0v) is 8.01. The summed E-state index contributed by atoms with van der Waals surface area (Å²) in [4.78, 5) is 0. The molecule has 1 aromatic carbocycles. The van der Waals surface area contributed by atoms with E-state index in [2.05, 4.69) is 11.9 Å². The molecule has 1 aromatic rings. The Kier molecular flexibility index (Phi) is 3.80. The second-order valence-corrected chi connectivity index (χ2v) is 3.33. The fourth-order valence-electron chi connectivity index (χ4n) is 1.01. The molecule has 0 saturated carbocycles. The van der Waals surface area contributed by atoms with Crippen molar-refractivity contribution in [1.29, 1.82) is 0 Å². The molecule has 1 rings (SSSR count). The average molecular weight is 198 g/mol. The molecule has 0 unspecified atom stereocenters. The molecule has 0 fully saturated rings. The summed E-state index contributed by atoms with van der Waals surface area (Å²) in [6.07, 6.45) is 0. The highest BCUT2D eigenvalue weighted by Gasteiger charge is 1.94. The third kappa shape index (κ3) is 3.97. The van der Waals surface area contributed by atoms with E-state index in [-0.39, 0.29) is 5.75 Å². The Morgan fingerprint density at radius 2 is 2.31 bits per heavy atom. The van der Waals surface area contributed by atoms with Gasteiger partial charge >= 0.3 is 0 Å². The van der Waals surface area contributed by atoms with Crippen LogP contribution in [0.5, 0.6) is 5.75 Å². The van der Waals surface area contributed by atoms with Gasteiger partial charge in [0.25, 0.3) is 0 Å². The summed E-state index contributed by atoms with van der Waals surface area (Å²) in [5.74, 6) is 0.281. The minimum Gasteiger partial charge on any atom is -0.508 e. The van der Waals surface area contributed by atoms with E-state index in [4.69, 9.17) is 16.7 Å². The molecule has 0 aliphatic rings. The largest absolute Gasteiger partial charge is 0.508 e. The quantitative estimate of drug-likeness (QED) is 0.776. The van der Waals surface area contributed by atoms with Gasteiger partial charge < -0.3 is 10.4 Å². The van der Waals surface area contributed by atoms with E-state index in [1.165, 1.54) is 0 Å². The molecule has 0 aliphatic carbocycles. The van der Waals surface area contributed by atoms with Crippen molar-refractivity contribution in [2.24, 2.45) is 0 Å². The molecule has 2 N–H and O–H groups in total. The van der Waals surface area contributed by atoms with Crippen molar-refractivity contribution in [3.63, 3.8) is 0 Å². The van der Waals surface area contributed by atoms with Crippen molar-refractivity contribution >= 4 is 11.6 Å². The summed E-state index contributed by atoms with van der Waals surface area (Å²) in [6.45, 7) is 4.82. The number of hydrogen-bond acceptors (Lipinski definition) is 2. The van der Waals surface area contributed by atoms with Crippen LogP contribution < -0.4 is 5.32 Å². The first kappa shape index (κ1) is 10.1. The number of nitrogens with one attached hydrogen (secondary N) is 1. The summed E-state index contributed by atoms with van der Waals surface area (Å²) in [5, 5.41) is 12.8. The van der Waals surface area contributed by atoms with Gasteiger partial charge in [-0.05, 0) is 17.7 Å². The van der Waals surface area contributed by atoms with E-state index in [1.807, 2.05) is 12.1 Å². The Morgan fingerprint density at radius 3 is 2.92 bits per heavy atom. The van der Waals surface area contributed by atoms with Crippen LogP contribution >= 0.6 is 11.6 Å². The van der Waals surface area contributed by atoms with Gasteiger partial charge in [-0.3, -0.25) is 0 Å². The minimum absolute atomic E-state index is 0.281. The highest BCUT2D eigenvalue weighted by atomic mass is 35.5. The van der Waals surface area contributed by atoms with Crippen LogP contribution in [0.4, 0.5) is 0 Å². The Morgan fingerprint density at radius 1 is 1.54 bits per heavy atom.